The van der Waals surface area contributed by atoms with Crippen LogP contribution in [0.2, 0.25) is 5.28 Å². The summed E-state index contributed by atoms with van der Waals surface area (Å²) in [5, 5.41) is 0.0917. The minimum Gasteiger partial charge on any atom is -0.221 e. The molecule has 118 valence electrons. The Morgan fingerprint density at radius 2 is 1.82 bits per heavy atom. The lowest BCUT2D eigenvalue weighted by molar-refractivity contribution is 0.444. The molecule has 0 atom stereocenters. The highest BCUT2D eigenvalue weighted by molar-refractivity contribution is 7.89. The zero-order chi connectivity index (χ0) is 16.2. The predicted molar refractivity (Wildman–Crippen MR) is 84.2 cm³/mol. The van der Waals surface area contributed by atoms with E-state index in [-0.39, 0.29) is 16.6 Å². The van der Waals surface area contributed by atoms with Gasteiger partial charge in [0, 0.05) is 19.5 Å². The minimum atomic E-state index is -3.53. The maximum atomic E-state index is 12.7. The molecule has 22 heavy (non-hydrogen) atoms. The third kappa shape index (κ3) is 3.60. The Balaban J connectivity index is 2.43. The topological polar surface area (TPSA) is 76.1 Å². The maximum absolute atomic E-state index is 12.7. The van der Waals surface area contributed by atoms with Crippen LogP contribution in [0.3, 0.4) is 0 Å². The first kappa shape index (κ1) is 16.8. The monoisotopic (exact) mass is 340 g/mol. The van der Waals surface area contributed by atoms with E-state index in [0.717, 1.165) is 0 Å². The van der Waals surface area contributed by atoms with E-state index in [1.807, 2.05) is 13.8 Å². The van der Waals surface area contributed by atoms with Crippen molar-refractivity contribution in [2.24, 2.45) is 0 Å². The maximum Gasteiger partial charge on any atom is 0.243 e. The average molecular weight is 341 g/mol. The molecular formula is C14H17ClN4O2S. The Morgan fingerprint density at radius 1 is 1.14 bits per heavy atom. The lowest BCUT2D eigenvalue weighted by Gasteiger charge is -2.20. The summed E-state index contributed by atoms with van der Waals surface area (Å²) in [4.78, 5) is 12.0. The number of hydrogen-bond donors (Lipinski definition) is 0. The van der Waals surface area contributed by atoms with Crippen molar-refractivity contribution in [3.63, 3.8) is 0 Å². The molecule has 2 rings (SSSR count). The fourth-order valence-corrected chi connectivity index (χ4v) is 3.99. The molecule has 0 bridgehead atoms. The summed E-state index contributed by atoms with van der Waals surface area (Å²) < 4.78 is 26.9. The van der Waals surface area contributed by atoms with Crippen LogP contribution in [0, 0.1) is 0 Å². The van der Waals surface area contributed by atoms with E-state index in [1.165, 1.54) is 10.6 Å². The molecule has 6 nitrogen and oxygen atoms in total. The van der Waals surface area contributed by atoms with Gasteiger partial charge in [-0.3, -0.25) is 0 Å². The summed E-state index contributed by atoms with van der Waals surface area (Å²) in [6.45, 7) is 4.47. The van der Waals surface area contributed by atoms with Gasteiger partial charge in [0.25, 0.3) is 0 Å². The number of nitrogens with zero attached hydrogens (tertiary/aromatic N) is 4. The van der Waals surface area contributed by atoms with Gasteiger partial charge >= 0.3 is 0 Å². The van der Waals surface area contributed by atoms with Crippen LogP contribution in [-0.4, -0.2) is 40.8 Å². The normalized spacial score (nSPS) is 11.8. The molecule has 0 aliphatic heterocycles. The molecule has 0 saturated carbocycles. The van der Waals surface area contributed by atoms with Crippen LogP contribution in [0.25, 0.3) is 0 Å². The van der Waals surface area contributed by atoms with E-state index in [9.17, 15) is 8.42 Å². The van der Waals surface area contributed by atoms with Gasteiger partial charge < -0.3 is 0 Å². The highest BCUT2D eigenvalue weighted by Crippen LogP contribution is 2.21. The first-order valence-electron chi connectivity index (χ1n) is 6.90. The van der Waals surface area contributed by atoms with Crippen LogP contribution < -0.4 is 0 Å². The molecule has 0 aliphatic carbocycles. The van der Waals surface area contributed by atoms with Gasteiger partial charge in [-0.25, -0.2) is 23.4 Å². The fourth-order valence-electron chi connectivity index (χ4n) is 2.17. The molecule has 1 heterocycles. The molecule has 0 aliphatic rings. The van der Waals surface area contributed by atoms with Crippen molar-refractivity contribution in [1.82, 2.24) is 19.3 Å². The van der Waals surface area contributed by atoms with Crippen LogP contribution in [0.4, 0.5) is 0 Å². The van der Waals surface area contributed by atoms with E-state index < -0.39 is 10.0 Å². The Labute approximate surface area is 135 Å². The molecule has 8 heteroatoms. The molecule has 1 aromatic heterocycles. The molecular weight excluding hydrogens is 324 g/mol. The highest BCUT2D eigenvalue weighted by Gasteiger charge is 2.24. The largest absolute Gasteiger partial charge is 0.243 e. The number of sulfonamides is 1. The zero-order valence-electron chi connectivity index (χ0n) is 12.4. The number of rotatable bonds is 6. The quantitative estimate of drug-likeness (QED) is 0.805. The van der Waals surface area contributed by atoms with Gasteiger partial charge in [0.15, 0.2) is 0 Å². The van der Waals surface area contributed by atoms with Crippen LogP contribution >= 0.6 is 11.6 Å². The van der Waals surface area contributed by atoms with Crippen molar-refractivity contribution >= 4 is 21.6 Å². The van der Waals surface area contributed by atoms with Crippen LogP contribution in [0.5, 0.6) is 0 Å². The number of benzene rings is 1. The third-order valence-electron chi connectivity index (χ3n) is 3.24. The summed E-state index contributed by atoms with van der Waals surface area (Å²) in [7, 11) is -3.53. The summed E-state index contributed by atoms with van der Waals surface area (Å²) in [6, 6.07) is 6.86. The third-order valence-corrected chi connectivity index (χ3v) is 5.57. The highest BCUT2D eigenvalue weighted by atomic mass is 35.5. The van der Waals surface area contributed by atoms with Crippen molar-refractivity contribution in [1.29, 1.82) is 0 Å². The van der Waals surface area contributed by atoms with E-state index >= 15 is 0 Å². The molecule has 0 unspecified atom stereocenters. The van der Waals surface area contributed by atoms with Crippen LogP contribution in [-0.2, 0) is 16.4 Å². The molecule has 1 aromatic carbocycles. The average Bonchev–Trinajstić information content (AvgIpc) is 2.48. The van der Waals surface area contributed by atoms with Gasteiger partial charge in [-0.1, -0.05) is 32.0 Å². The van der Waals surface area contributed by atoms with Gasteiger partial charge in [0.05, 0.1) is 4.90 Å². The standard InChI is InChI=1S/C14H17ClN4O2S/c1-3-19(4-2)22(20,21)12-8-6-5-7-11(12)9-13-16-10-17-14(15)18-13/h5-8,10H,3-4,9H2,1-2H3. The molecule has 0 fully saturated rings. The fraction of sp³-hybridized carbons (Fsp3) is 0.357. The molecule has 2 aromatic rings. The number of hydrogen-bond acceptors (Lipinski definition) is 5. The second kappa shape index (κ2) is 7.13. The second-order valence-corrected chi connectivity index (χ2v) is 6.79. The summed E-state index contributed by atoms with van der Waals surface area (Å²) in [6.07, 6.45) is 1.59. The van der Waals surface area contributed by atoms with Crippen LogP contribution in [0.1, 0.15) is 25.2 Å². The van der Waals surface area contributed by atoms with Gasteiger partial charge in [0.1, 0.15) is 12.2 Å². The first-order valence-corrected chi connectivity index (χ1v) is 8.72. The smallest absolute Gasteiger partial charge is 0.221 e. The van der Waals surface area contributed by atoms with E-state index in [4.69, 9.17) is 11.6 Å². The van der Waals surface area contributed by atoms with Crippen molar-refractivity contribution in [2.75, 3.05) is 13.1 Å². The molecule has 0 saturated heterocycles. The van der Waals surface area contributed by atoms with Gasteiger partial charge in [-0.05, 0) is 23.2 Å². The molecule has 0 N–H and O–H groups in total. The van der Waals surface area contributed by atoms with E-state index in [0.29, 0.717) is 24.5 Å². The lowest BCUT2D eigenvalue weighted by atomic mass is 10.1. The van der Waals surface area contributed by atoms with Gasteiger partial charge in [-0.15, -0.1) is 0 Å². The minimum absolute atomic E-state index is 0.0917. The van der Waals surface area contributed by atoms with Crippen molar-refractivity contribution in [2.45, 2.75) is 25.2 Å². The Morgan fingerprint density at radius 3 is 2.45 bits per heavy atom. The van der Waals surface area contributed by atoms with Gasteiger partial charge in [0.2, 0.25) is 15.3 Å². The van der Waals surface area contributed by atoms with Crippen LogP contribution in [0.15, 0.2) is 35.5 Å². The SMILES string of the molecule is CCN(CC)S(=O)(=O)c1ccccc1Cc1ncnc(Cl)n1. The molecule has 0 spiro atoms. The predicted octanol–water partition coefficient (Wildman–Crippen LogP) is 2.15. The summed E-state index contributed by atoms with van der Waals surface area (Å²) >= 11 is 5.75. The Kier molecular flexibility index (Phi) is 5.44. The van der Waals surface area contributed by atoms with E-state index in [1.54, 1.807) is 24.3 Å². The number of halogens is 1. The summed E-state index contributed by atoms with van der Waals surface area (Å²) in [5.41, 5.74) is 0.636. The zero-order valence-corrected chi connectivity index (χ0v) is 14.0. The molecule has 0 amide bonds. The van der Waals surface area contributed by atoms with Crippen molar-refractivity contribution in [3.05, 3.63) is 47.3 Å². The number of aromatic nitrogens is 3. The summed E-state index contributed by atoms with van der Waals surface area (Å²) in [5.74, 6) is 0.433. The first-order chi connectivity index (χ1) is 10.5. The molecule has 0 radical (unpaired) electrons. The lowest BCUT2D eigenvalue weighted by Crippen LogP contribution is -2.31. The van der Waals surface area contributed by atoms with Crippen molar-refractivity contribution < 1.29 is 8.42 Å². The second-order valence-electron chi connectivity index (χ2n) is 4.54. The van der Waals surface area contributed by atoms with E-state index in [2.05, 4.69) is 15.0 Å². The Bertz CT molecular complexity index is 748. The van der Waals surface area contributed by atoms with Gasteiger partial charge in [-0.2, -0.15) is 4.31 Å². The Hall–Kier alpha value is -1.57. The van der Waals surface area contributed by atoms with Crippen molar-refractivity contribution in [3.8, 4) is 0 Å².